The zero-order valence-electron chi connectivity index (χ0n) is 11.7. The minimum Gasteiger partial charge on any atom is -0.469 e. The van der Waals surface area contributed by atoms with E-state index >= 15 is 0 Å². The third kappa shape index (κ3) is 4.80. The summed E-state index contributed by atoms with van der Waals surface area (Å²) in [4.78, 5) is 21.6. The summed E-state index contributed by atoms with van der Waals surface area (Å²) in [6, 6.07) is 5.09. The van der Waals surface area contributed by atoms with E-state index in [-0.39, 0.29) is 5.69 Å². The Labute approximate surface area is 121 Å². The molecule has 0 fully saturated rings. The molecule has 0 bridgehead atoms. The molecule has 1 aromatic rings. The van der Waals surface area contributed by atoms with Crippen LogP contribution in [-0.4, -0.2) is 32.7 Å². The molecule has 0 N–H and O–H groups in total. The molecule has 0 saturated carbocycles. The highest BCUT2D eigenvalue weighted by molar-refractivity contribution is 7.86. The van der Waals surface area contributed by atoms with E-state index in [1.165, 1.54) is 38.3 Å². The quantitative estimate of drug-likeness (QED) is 0.337. The summed E-state index contributed by atoms with van der Waals surface area (Å²) in [6.07, 6.45) is -0.261. The van der Waals surface area contributed by atoms with Crippen LogP contribution < -0.4 is 0 Å². The van der Waals surface area contributed by atoms with Gasteiger partial charge in [0.05, 0.1) is 24.2 Å². The SMILES string of the molecule is COC(=O)[C@H](C)[C@H](OS(C)(=O)=O)c1ccc([N+](=O)[O-])cc1. The van der Waals surface area contributed by atoms with Crippen LogP contribution in [0.2, 0.25) is 0 Å². The molecule has 0 radical (unpaired) electrons. The summed E-state index contributed by atoms with van der Waals surface area (Å²) in [7, 11) is -2.65. The summed E-state index contributed by atoms with van der Waals surface area (Å²) in [5.74, 6) is -1.55. The molecule has 0 aliphatic heterocycles. The number of ether oxygens (including phenoxy) is 1. The predicted molar refractivity (Wildman–Crippen MR) is 72.9 cm³/mol. The number of non-ortho nitro benzene ring substituents is 1. The van der Waals surface area contributed by atoms with E-state index in [9.17, 15) is 23.3 Å². The van der Waals surface area contributed by atoms with Crippen molar-refractivity contribution in [2.75, 3.05) is 13.4 Å². The van der Waals surface area contributed by atoms with Gasteiger partial charge in [-0.15, -0.1) is 0 Å². The summed E-state index contributed by atoms with van der Waals surface area (Å²) in [6.45, 7) is 1.45. The Morgan fingerprint density at radius 1 is 1.29 bits per heavy atom. The summed E-state index contributed by atoms with van der Waals surface area (Å²) >= 11 is 0. The monoisotopic (exact) mass is 317 g/mol. The normalized spacial score (nSPS) is 14.2. The smallest absolute Gasteiger partial charge is 0.311 e. The number of rotatable bonds is 6. The Hall–Kier alpha value is -2.00. The molecule has 21 heavy (non-hydrogen) atoms. The number of benzene rings is 1. The molecule has 9 heteroatoms. The van der Waals surface area contributed by atoms with E-state index in [0.717, 1.165) is 6.26 Å². The molecule has 1 rings (SSSR count). The molecule has 0 amide bonds. The highest BCUT2D eigenvalue weighted by Gasteiger charge is 2.30. The Balaban J connectivity index is 3.17. The van der Waals surface area contributed by atoms with Gasteiger partial charge in [0, 0.05) is 12.1 Å². The van der Waals surface area contributed by atoms with Crippen LogP contribution in [0.5, 0.6) is 0 Å². The minimum absolute atomic E-state index is 0.150. The standard InChI is InChI=1S/C12H15NO7S/c1-8(12(14)19-2)11(20-21(3,17)18)9-4-6-10(7-5-9)13(15)16/h4-8,11H,1-3H3/t8-,11+/m1/s1. The first-order valence-electron chi connectivity index (χ1n) is 5.86. The molecule has 0 aliphatic carbocycles. The largest absolute Gasteiger partial charge is 0.469 e. The van der Waals surface area contributed by atoms with Gasteiger partial charge in [-0.05, 0) is 24.6 Å². The Morgan fingerprint density at radius 3 is 2.19 bits per heavy atom. The number of esters is 1. The molecule has 2 atom stereocenters. The Bertz CT molecular complexity index is 624. The van der Waals surface area contributed by atoms with Crippen LogP contribution in [0.25, 0.3) is 0 Å². The van der Waals surface area contributed by atoms with Crippen LogP contribution in [0.1, 0.15) is 18.6 Å². The van der Waals surface area contributed by atoms with Crippen molar-refractivity contribution in [3.8, 4) is 0 Å². The fourth-order valence-corrected chi connectivity index (χ4v) is 2.37. The first-order valence-corrected chi connectivity index (χ1v) is 7.68. The highest BCUT2D eigenvalue weighted by atomic mass is 32.2. The van der Waals surface area contributed by atoms with Crippen LogP contribution in [0, 0.1) is 16.0 Å². The molecular weight excluding hydrogens is 302 g/mol. The van der Waals surface area contributed by atoms with E-state index in [0.29, 0.717) is 5.56 Å². The molecule has 0 aromatic heterocycles. The van der Waals surface area contributed by atoms with E-state index in [2.05, 4.69) is 4.74 Å². The summed E-state index contributed by atoms with van der Waals surface area (Å²) in [5, 5.41) is 10.6. The van der Waals surface area contributed by atoms with Crippen molar-refractivity contribution in [2.45, 2.75) is 13.0 Å². The number of carbonyl (C=O) groups excluding carboxylic acids is 1. The fraction of sp³-hybridized carbons (Fsp3) is 0.417. The minimum atomic E-state index is -3.83. The molecule has 0 aliphatic rings. The van der Waals surface area contributed by atoms with Crippen molar-refractivity contribution in [3.63, 3.8) is 0 Å². The van der Waals surface area contributed by atoms with E-state index < -0.39 is 33.0 Å². The van der Waals surface area contributed by atoms with Crippen molar-refractivity contribution in [1.29, 1.82) is 0 Å². The Morgan fingerprint density at radius 2 is 1.81 bits per heavy atom. The van der Waals surface area contributed by atoms with Crippen molar-refractivity contribution in [2.24, 2.45) is 5.92 Å². The predicted octanol–water partition coefficient (Wildman–Crippen LogP) is 1.42. The third-order valence-corrected chi connectivity index (χ3v) is 3.29. The number of nitrogens with zero attached hydrogens (tertiary/aromatic N) is 1. The second-order valence-corrected chi connectivity index (χ2v) is 5.98. The third-order valence-electron chi connectivity index (χ3n) is 2.74. The average Bonchev–Trinajstić information content (AvgIpc) is 2.42. The molecule has 116 valence electrons. The van der Waals surface area contributed by atoms with Gasteiger partial charge in [-0.1, -0.05) is 0 Å². The lowest BCUT2D eigenvalue weighted by atomic mass is 9.97. The number of hydrogen-bond donors (Lipinski definition) is 0. The molecule has 0 spiro atoms. The van der Waals surface area contributed by atoms with E-state index in [4.69, 9.17) is 4.18 Å². The number of methoxy groups -OCH3 is 1. The van der Waals surface area contributed by atoms with Crippen molar-refractivity contribution in [1.82, 2.24) is 0 Å². The van der Waals surface area contributed by atoms with Crippen molar-refractivity contribution >= 4 is 21.8 Å². The van der Waals surface area contributed by atoms with Gasteiger partial charge in [-0.3, -0.25) is 19.1 Å². The molecule has 0 unspecified atom stereocenters. The van der Waals surface area contributed by atoms with Gasteiger partial charge < -0.3 is 4.74 Å². The van der Waals surface area contributed by atoms with Crippen LogP contribution in [0.4, 0.5) is 5.69 Å². The molecule has 0 heterocycles. The van der Waals surface area contributed by atoms with Crippen LogP contribution >= 0.6 is 0 Å². The van der Waals surface area contributed by atoms with Gasteiger partial charge >= 0.3 is 5.97 Å². The van der Waals surface area contributed by atoms with Crippen LogP contribution in [0.15, 0.2) is 24.3 Å². The zero-order chi connectivity index (χ0) is 16.2. The lowest BCUT2D eigenvalue weighted by Gasteiger charge is -2.21. The van der Waals surface area contributed by atoms with Crippen molar-refractivity contribution in [3.05, 3.63) is 39.9 Å². The molecule has 8 nitrogen and oxygen atoms in total. The number of nitro benzene ring substituents is 1. The van der Waals surface area contributed by atoms with Gasteiger partial charge in [0.2, 0.25) is 0 Å². The number of hydrogen-bond acceptors (Lipinski definition) is 7. The number of carbonyl (C=O) groups is 1. The maximum absolute atomic E-state index is 11.6. The van der Waals surface area contributed by atoms with Gasteiger partial charge in [0.15, 0.2) is 0 Å². The van der Waals surface area contributed by atoms with Gasteiger partial charge in [0.1, 0.15) is 6.10 Å². The van der Waals surface area contributed by atoms with Crippen LogP contribution in [-0.2, 0) is 23.8 Å². The lowest BCUT2D eigenvalue weighted by molar-refractivity contribution is -0.384. The topological polar surface area (TPSA) is 113 Å². The second-order valence-electron chi connectivity index (χ2n) is 4.38. The van der Waals surface area contributed by atoms with Gasteiger partial charge in [-0.2, -0.15) is 8.42 Å². The first-order chi connectivity index (χ1) is 9.65. The first kappa shape index (κ1) is 17.1. The highest BCUT2D eigenvalue weighted by Crippen LogP contribution is 2.29. The van der Waals surface area contributed by atoms with Crippen molar-refractivity contribution < 1.29 is 27.1 Å². The Kier molecular flexibility index (Phi) is 5.39. The van der Waals surface area contributed by atoms with Gasteiger partial charge in [0.25, 0.3) is 15.8 Å². The average molecular weight is 317 g/mol. The van der Waals surface area contributed by atoms with Gasteiger partial charge in [-0.25, -0.2) is 0 Å². The van der Waals surface area contributed by atoms with E-state index in [1.807, 2.05) is 0 Å². The summed E-state index contributed by atoms with van der Waals surface area (Å²) < 4.78 is 32.1. The maximum atomic E-state index is 11.6. The van der Waals surface area contributed by atoms with E-state index in [1.54, 1.807) is 0 Å². The molecule has 1 aromatic carbocycles. The summed E-state index contributed by atoms with van der Waals surface area (Å²) in [5.41, 5.74) is 0.173. The molecular formula is C12H15NO7S. The van der Waals surface area contributed by atoms with Crippen LogP contribution in [0.3, 0.4) is 0 Å². The number of nitro groups is 1. The lowest BCUT2D eigenvalue weighted by Crippen LogP contribution is -2.25. The fourth-order valence-electron chi connectivity index (χ4n) is 1.71. The zero-order valence-corrected chi connectivity index (χ0v) is 12.5. The molecule has 0 saturated heterocycles. The maximum Gasteiger partial charge on any atom is 0.311 e. The second kappa shape index (κ2) is 6.64.